The average molecular weight is 645 g/mol. The predicted molar refractivity (Wildman–Crippen MR) is 146 cm³/mol. The number of nitrogen functional groups attached to an aromatic ring is 2. The first-order chi connectivity index (χ1) is 20.0. The van der Waals surface area contributed by atoms with Gasteiger partial charge in [0.25, 0.3) is 0 Å². The summed E-state index contributed by atoms with van der Waals surface area (Å²) < 4.78 is 38.0. The highest BCUT2D eigenvalue weighted by atomic mass is 32.1. The number of rotatable bonds is 8. The van der Waals surface area contributed by atoms with Gasteiger partial charge in [-0.25, -0.2) is 24.5 Å². The standard InChI is InChI=1S/C20H25N10O9PS2/c21-19-25-14-10(16(41)27-19)23-4-29(14)9-1-6(32)8(37-9)3-36-40(34,35)39-13-7(2-31)38-18(12(13)33)30-5-24-11-15(30)26-20(22)28-17(11)42/h4-9,12-13,18,31-33H,1-3H2,(H,34,35)(H3,21,25,27,41)(H3,22,26,28,42)/t6?,7-,8-,9-,12?,13?,18-/m1/s1. The van der Waals surface area contributed by atoms with Gasteiger partial charge >= 0.3 is 7.82 Å². The van der Waals surface area contributed by atoms with Crippen LogP contribution in [0.2, 0.25) is 0 Å². The highest BCUT2D eigenvalue weighted by molar-refractivity contribution is 7.71. The summed E-state index contributed by atoms with van der Waals surface area (Å²) in [4.78, 5) is 32.3. The summed E-state index contributed by atoms with van der Waals surface area (Å²) in [7, 11) is -4.89. The van der Waals surface area contributed by atoms with Crippen LogP contribution in [0.4, 0.5) is 11.9 Å². The molecule has 0 saturated carbocycles. The normalized spacial score (nSPS) is 29.5. The SMILES string of the molecule is Nc1nc(=S)c2ncn([C@@H]3O[C@H](CO)C(OP(=O)(O)OC[C@H]4O[C@@H](n5cnc6c(=S)nc(N)[nH]c65)CC4O)C3O)c2[nH]1. The number of phosphoric ester groups is 1. The highest BCUT2D eigenvalue weighted by Crippen LogP contribution is 2.49. The topological polar surface area (TPSA) is 280 Å². The summed E-state index contributed by atoms with van der Waals surface area (Å²) in [6, 6.07) is 0. The van der Waals surface area contributed by atoms with Crippen molar-refractivity contribution < 1.29 is 43.3 Å². The smallest absolute Gasteiger partial charge is 0.394 e. The number of aromatic nitrogens is 8. The second-order valence-electron chi connectivity index (χ2n) is 9.56. The fourth-order valence-electron chi connectivity index (χ4n) is 4.93. The number of imidazole rings is 2. The Morgan fingerprint density at radius 2 is 1.62 bits per heavy atom. The lowest BCUT2D eigenvalue weighted by Gasteiger charge is -2.23. The van der Waals surface area contributed by atoms with Crippen molar-refractivity contribution in [3.05, 3.63) is 21.9 Å². The van der Waals surface area contributed by atoms with Gasteiger partial charge in [-0.15, -0.1) is 0 Å². The van der Waals surface area contributed by atoms with E-state index in [1.807, 2.05) is 0 Å². The van der Waals surface area contributed by atoms with Gasteiger partial charge < -0.3 is 51.1 Å². The van der Waals surface area contributed by atoms with Crippen LogP contribution in [0.3, 0.4) is 0 Å². The molecule has 2 saturated heterocycles. The Labute approximate surface area is 244 Å². The Bertz CT molecular complexity index is 1810. The van der Waals surface area contributed by atoms with Gasteiger partial charge in [-0.1, -0.05) is 24.4 Å². The summed E-state index contributed by atoms with van der Waals surface area (Å²) in [5.74, 6) is 0.0591. The Balaban J connectivity index is 1.13. The van der Waals surface area contributed by atoms with Crippen molar-refractivity contribution in [3.63, 3.8) is 0 Å². The summed E-state index contributed by atoms with van der Waals surface area (Å²) in [5.41, 5.74) is 12.8. The van der Waals surface area contributed by atoms with Crippen molar-refractivity contribution in [2.45, 2.75) is 49.4 Å². The van der Waals surface area contributed by atoms with E-state index in [1.165, 1.54) is 17.2 Å². The van der Waals surface area contributed by atoms with E-state index in [9.17, 15) is 24.8 Å². The molecule has 0 aliphatic carbocycles. The molecule has 6 heterocycles. The van der Waals surface area contributed by atoms with Crippen LogP contribution in [0.1, 0.15) is 18.9 Å². The number of anilines is 2. The monoisotopic (exact) mass is 644 g/mol. The molecule has 0 bridgehead atoms. The van der Waals surface area contributed by atoms with Crippen LogP contribution in [0.25, 0.3) is 22.3 Å². The lowest BCUT2D eigenvalue weighted by atomic mass is 10.1. The quantitative estimate of drug-likeness (QED) is 0.0891. The maximum Gasteiger partial charge on any atom is 0.472 e. The molecule has 42 heavy (non-hydrogen) atoms. The molecule has 19 nitrogen and oxygen atoms in total. The van der Waals surface area contributed by atoms with Gasteiger partial charge in [-0.3, -0.25) is 18.2 Å². The van der Waals surface area contributed by atoms with E-state index >= 15 is 0 Å². The minimum absolute atomic E-state index is 0.00862. The van der Waals surface area contributed by atoms with Crippen LogP contribution in [-0.4, -0.2) is 103 Å². The third-order valence-electron chi connectivity index (χ3n) is 6.86. The van der Waals surface area contributed by atoms with Crippen molar-refractivity contribution in [3.8, 4) is 0 Å². The van der Waals surface area contributed by atoms with Gasteiger partial charge in [0, 0.05) is 6.42 Å². The number of nitrogens with two attached hydrogens (primary N) is 2. The zero-order chi connectivity index (χ0) is 29.9. The van der Waals surface area contributed by atoms with E-state index in [0.717, 1.165) is 0 Å². The van der Waals surface area contributed by atoms with Gasteiger partial charge in [-0.05, 0) is 0 Å². The van der Waals surface area contributed by atoms with E-state index in [1.54, 1.807) is 4.57 Å². The predicted octanol–water partition coefficient (Wildman–Crippen LogP) is -0.443. The average Bonchev–Trinajstić information content (AvgIpc) is 3.68. The number of phosphoric acid groups is 1. The van der Waals surface area contributed by atoms with Gasteiger partial charge in [-0.2, -0.15) is 0 Å². The van der Waals surface area contributed by atoms with Crippen molar-refractivity contribution >= 4 is 66.5 Å². The molecular formula is C20H25N10O9PS2. The fourth-order valence-corrected chi connectivity index (χ4v) is 6.39. The number of ether oxygens (including phenoxy) is 2. The zero-order valence-corrected chi connectivity index (χ0v) is 23.8. The number of aliphatic hydroxyl groups excluding tert-OH is 3. The molecule has 4 aromatic rings. The summed E-state index contributed by atoms with van der Waals surface area (Å²) >= 11 is 10.3. The summed E-state index contributed by atoms with van der Waals surface area (Å²) in [6.45, 7) is -1.22. The first-order valence-electron chi connectivity index (χ1n) is 12.3. The molecule has 6 rings (SSSR count). The third kappa shape index (κ3) is 5.22. The van der Waals surface area contributed by atoms with Crippen LogP contribution in [0.15, 0.2) is 12.7 Å². The molecule has 10 N–H and O–H groups in total. The summed E-state index contributed by atoms with van der Waals surface area (Å²) in [6.07, 6.45) is -5.56. The Morgan fingerprint density at radius 3 is 2.24 bits per heavy atom. The van der Waals surface area contributed by atoms with Crippen molar-refractivity contribution in [1.82, 2.24) is 39.0 Å². The van der Waals surface area contributed by atoms with E-state index in [2.05, 4.69) is 29.9 Å². The van der Waals surface area contributed by atoms with Crippen LogP contribution >= 0.6 is 32.3 Å². The van der Waals surface area contributed by atoms with E-state index < -0.39 is 64.0 Å². The lowest BCUT2D eigenvalue weighted by Crippen LogP contribution is -2.36. The Hall–Kier alpha value is -2.95. The number of nitrogens with one attached hydrogen (secondary N) is 2. The second kappa shape index (κ2) is 11.0. The molecule has 4 aromatic heterocycles. The van der Waals surface area contributed by atoms with E-state index in [-0.39, 0.29) is 38.8 Å². The maximum absolute atomic E-state index is 12.9. The van der Waals surface area contributed by atoms with Crippen molar-refractivity contribution in [1.29, 1.82) is 0 Å². The maximum atomic E-state index is 12.9. The largest absolute Gasteiger partial charge is 0.472 e. The van der Waals surface area contributed by atoms with Crippen LogP contribution in [0, 0.1) is 9.28 Å². The van der Waals surface area contributed by atoms with Crippen LogP contribution in [0.5, 0.6) is 0 Å². The number of hydrogen-bond acceptors (Lipinski definition) is 16. The number of aromatic amines is 2. The first kappa shape index (κ1) is 29.1. The van der Waals surface area contributed by atoms with Crippen LogP contribution < -0.4 is 11.5 Å². The second-order valence-corrected chi connectivity index (χ2v) is 11.7. The minimum Gasteiger partial charge on any atom is -0.394 e. The minimum atomic E-state index is -4.89. The van der Waals surface area contributed by atoms with Crippen molar-refractivity contribution in [2.24, 2.45) is 0 Å². The molecule has 0 amide bonds. The molecule has 0 spiro atoms. The molecule has 2 aliphatic heterocycles. The molecule has 0 aromatic carbocycles. The number of fused-ring (bicyclic) bond motifs is 2. The van der Waals surface area contributed by atoms with Crippen molar-refractivity contribution in [2.75, 3.05) is 24.7 Å². The lowest BCUT2D eigenvalue weighted by molar-refractivity contribution is -0.0557. The van der Waals surface area contributed by atoms with Gasteiger partial charge in [0.15, 0.2) is 27.4 Å². The highest BCUT2D eigenvalue weighted by Gasteiger charge is 2.49. The first-order valence-corrected chi connectivity index (χ1v) is 14.6. The number of H-pyrrole nitrogens is 2. The van der Waals surface area contributed by atoms with E-state index in [4.69, 9.17) is 54.4 Å². The van der Waals surface area contributed by atoms with Gasteiger partial charge in [0.2, 0.25) is 0 Å². The molecule has 4 unspecified atom stereocenters. The number of hydrogen-bond donors (Lipinski definition) is 8. The molecule has 2 fully saturated rings. The van der Waals surface area contributed by atoms with E-state index in [0.29, 0.717) is 11.2 Å². The number of nitrogens with zero attached hydrogens (tertiary/aromatic N) is 6. The van der Waals surface area contributed by atoms with Crippen LogP contribution in [-0.2, 0) is 23.1 Å². The molecule has 22 heteroatoms. The third-order valence-corrected chi connectivity index (χ3v) is 8.42. The zero-order valence-electron chi connectivity index (χ0n) is 21.2. The Morgan fingerprint density at radius 1 is 1.02 bits per heavy atom. The molecule has 0 radical (unpaired) electrons. The van der Waals surface area contributed by atoms with Gasteiger partial charge in [0.1, 0.15) is 53.0 Å². The summed E-state index contributed by atoms with van der Waals surface area (Å²) in [5, 5.41) is 31.4. The Kier molecular flexibility index (Phi) is 7.60. The molecule has 2 aliphatic rings. The molecular weight excluding hydrogens is 619 g/mol. The van der Waals surface area contributed by atoms with Gasteiger partial charge in [0.05, 0.1) is 32.0 Å². The number of aliphatic hydroxyl groups is 3. The molecule has 226 valence electrons. The fraction of sp³-hybridized carbons (Fsp3) is 0.500. The molecule has 8 atom stereocenters.